The molecule has 2 aromatic heterocycles. The van der Waals surface area contributed by atoms with Gasteiger partial charge in [0, 0.05) is 57.7 Å². The van der Waals surface area contributed by atoms with Crippen LogP contribution in [0.1, 0.15) is 12.8 Å². The molecule has 3 rings (SSSR count). The lowest BCUT2D eigenvalue weighted by Gasteiger charge is -2.35. The third kappa shape index (κ3) is 4.41. The molecule has 0 saturated carbocycles. The number of piperazine rings is 1. The van der Waals surface area contributed by atoms with E-state index in [1.807, 2.05) is 23.1 Å². The number of hydrogen-bond acceptors (Lipinski definition) is 6. The maximum Gasteiger partial charge on any atom is 0.222 e. The van der Waals surface area contributed by atoms with E-state index in [0.717, 1.165) is 38.4 Å². The van der Waals surface area contributed by atoms with Gasteiger partial charge in [-0.15, -0.1) is 0 Å². The highest BCUT2D eigenvalue weighted by Crippen LogP contribution is 2.13. The Hall–Kier alpha value is -2.70. The van der Waals surface area contributed by atoms with Gasteiger partial charge in [0.25, 0.3) is 0 Å². The SMILES string of the molecule is O=C(CCCNc1ncccn1)N1CCN(c2ccccn2)CC1. The zero-order valence-corrected chi connectivity index (χ0v) is 13.6. The second kappa shape index (κ2) is 8.24. The molecule has 126 valence electrons. The number of hydrogen-bond donors (Lipinski definition) is 1. The molecule has 0 unspecified atom stereocenters. The first kappa shape index (κ1) is 16.2. The minimum Gasteiger partial charge on any atom is -0.354 e. The Morgan fingerprint density at radius 2 is 1.75 bits per heavy atom. The maximum absolute atomic E-state index is 12.3. The Morgan fingerprint density at radius 1 is 1.00 bits per heavy atom. The number of nitrogens with zero attached hydrogens (tertiary/aromatic N) is 5. The molecule has 1 saturated heterocycles. The average Bonchev–Trinajstić information content (AvgIpc) is 2.67. The quantitative estimate of drug-likeness (QED) is 0.809. The van der Waals surface area contributed by atoms with Crippen molar-refractivity contribution < 1.29 is 4.79 Å². The number of nitrogens with one attached hydrogen (secondary N) is 1. The van der Waals surface area contributed by atoms with Crippen LogP contribution in [0, 0.1) is 0 Å². The van der Waals surface area contributed by atoms with Gasteiger partial charge in [-0.3, -0.25) is 4.79 Å². The van der Waals surface area contributed by atoms with Gasteiger partial charge in [-0.25, -0.2) is 15.0 Å². The zero-order chi connectivity index (χ0) is 16.6. The molecule has 0 aromatic carbocycles. The largest absolute Gasteiger partial charge is 0.354 e. The van der Waals surface area contributed by atoms with Crippen LogP contribution >= 0.6 is 0 Å². The first-order valence-electron chi connectivity index (χ1n) is 8.27. The van der Waals surface area contributed by atoms with E-state index in [2.05, 4.69) is 25.2 Å². The molecule has 1 amide bonds. The molecule has 2 aromatic rings. The molecule has 1 aliphatic heterocycles. The molecule has 0 spiro atoms. The summed E-state index contributed by atoms with van der Waals surface area (Å²) in [5.74, 6) is 1.80. The van der Waals surface area contributed by atoms with Crippen LogP contribution in [0.5, 0.6) is 0 Å². The molecular formula is C17H22N6O. The molecule has 0 atom stereocenters. The standard InChI is InChI=1S/C17H22N6O/c24-16(6-3-8-19-17-20-9-4-10-21-17)23-13-11-22(12-14-23)15-5-1-2-7-18-15/h1-2,4-5,7,9-10H,3,6,8,11-14H2,(H,19,20,21). The minimum absolute atomic E-state index is 0.214. The topological polar surface area (TPSA) is 74.2 Å². The summed E-state index contributed by atoms with van der Waals surface area (Å²) >= 11 is 0. The first-order valence-corrected chi connectivity index (χ1v) is 8.27. The normalized spacial score (nSPS) is 14.5. The van der Waals surface area contributed by atoms with Gasteiger partial charge in [-0.05, 0) is 24.6 Å². The monoisotopic (exact) mass is 326 g/mol. The third-order valence-corrected chi connectivity index (χ3v) is 4.02. The summed E-state index contributed by atoms with van der Waals surface area (Å²) in [5, 5.41) is 3.12. The Morgan fingerprint density at radius 3 is 2.46 bits per heavy atom. The van der Waals surface area contributed by atoms with Crippen LogP contribution < -0.4 is 10.2 Å². The summed E-state index contributed by atoms with van der Waals surface area (Å²) in [5.41, 5.74) is 0. The van der Waals surface area contributed by atoms with E-state index in [-0.39, 0.29) is 5.91 Å². The summed E-state index contributed by atoms with van der Waals surface area (Å²) in [6.45, 7) is 3.87. The van der Waals surface area contributed by atoms with E-state index >= 15 is 0 Å². The van der Waals surface area contributed by atoms with Crippen LogP contribution in [0.2, 0.25) is 0 Å². The van der Waals surface area contributed by atoms with Crippen LogP contribution in [0.4, 0.5) is 11.8 Å². The van der Waals surface area contributed by atoms with E-state index in [1.54, 1.807) is 24.7 Å². The number of amides is 1. The fourth-order valence-electron chi connectivity index (χ4n) is 2.71. The summed E-state index contributed by atoms with van der Waals surface area (Å²) < 4.78 is 0. The Bertz CT molecular complexity index is 628. The fraction of sp³-hybridized carbons (Fsp3) is 0.412. The first-order chi connectivity index (χ1) is 11.8. The van der Waals surface area contributed by atoms with Gasteiger partial charge in [-0.2, -0.15) is 0 Å². The Labute approximate surface area is 141 Å². The predicted molar refractivity (Wildman–Crippen MR) is 92.8 cm³/mol. The van der Waals surface area contributed by atoms with Crippen molar-refractivity contribution in [3.63, 3.8) is 0 Å². The van der Waals surface area contributed by atoms with Crippen molar-refractivity contribution in [3.8, 4) is 0 Å². The van der Waals surface area contributed by atoms with E-state index in [0.29, 0.717) is 18.9 Å². The third-order valence-electron chi connectivity index (χ3n) is 4.02. The van der Waals surface area contributed by atoms with Crippen LogP contribution in [0.3, 0.4) is 0 Å². The van der Waals surface area contributed by atoms with E-state index in [9.17, 15) is 4.79 Å². The predicted octanol–water partition coefficient (Wildman–Crippen LogP) is 1.41. The second-order valence-electron chi connectivity index (χ2n) is 5.66. The summed E-state index contributed by atoms with van der Waals surface area (Å²) in [6.07, 6.45) is 6.51. The van der Waals surface area contributed by atoms with Crippen molar-refractivity contribution >= 4 is 17.7 Å². The number of rotatable bonds is 6. The minimum atomic E-state index is 0.214. The highest BCUT2D eigenvalue weighted by molar-refractivity contribution is 5.76. The number of pyridine rings is 1. The molecule has 7 heteroatoms. The Balaban J connectivity index is 1.36. The molecule has 24 heavy (non-hydrogen) atoms. The Kier molecular flexibility index (Phi) is 5.55. The summed E-state index contributed by atoms with van der Waals surface area (Å²) in [4.78, 5) is 29.0. The van der Waals surface area contributed by atoms with E-state index in [4.69, 9.17) is 0 Å². The zero-order valence-electron chi connectivity index (χ0n) is 13.6. The lowest BCUT2D eigenvalue weighted by Crippen LogP contribution is -2.49. The van der Waals surface area contributed by atoms with Crippen LogP contribution in [-0.2, 0) is 4.79 Å². The smallest absolute Gasteiger partial charge is 0.222 e. The highest BCUT2D eigenvalue weighted by Gasteiger charge is 2.21. The molecule has 1 N–H and O–H groups in total. The van der Waals surface area contributed by atoms with Gasteiger partial charge in [0.15, 0.2) is 0 Å². The molecule has 3 heterocycles. The maximum atomic E-state index is 12.3. The summed E-state index contributed by atoms with van der Waals surface area (Å²) in [7, 11) is 0. The van der Waals surface area contributed by atoms with Gasteiger partial charge < -0.3 is 15.1 Å². The van der Waals surface area contributed by atoms with Crippen molar-refractivity contribution in [2.24, 2.45) is 0 Å². The van der Waals surface area contributed by atoms with Gasteiger partial charge in [-0.1, -0.05) is 6.07 Å². The van der Waals surface area contributed by atoms with Gasteiger partial charge in [0.2, 0.25) is 11.9 Å². The lowest BCUT2D eigenvalue weighted by molar-refractivity contribution is -0.131. The van der Waals surface area contributed by atoms with E-state index in [1.165, 1.54) is 0 Å². The number of carbonyl (C=O) groups is 1. The molecule has 1 aliphatic rings. The summed E-state index contributed by atoms with van der Waals surface area (Å²) in [6, 6.07) is 7.69. The van der Waals surface area contributed by atoms with Crippen molar-refractivity contribution in [1.29, 1.82) is 0 Å². The van der Waals surface area contributed by atoms with Crippen LogP contribution in [-0.4, -0.2) is 58.5 Å². The second-order valence-corrected chi connectivity index (χ2v) is 5.66. The highest BCUT2D eigenvalue weighted by atomic mass is 16.2. The molecule has 0 aliphatic carbocycles. The molecule has 0 radical (unpaired) electrons. The molecule has 7 nitrogen and oxygen atoms in total. The van der Waals surface area contributed by atoms with Gasteiger partial charge in [0.05, 0.1) is 0 Å². The number of anilines is 2. The number of carbonyl (C=O) groups excluding carboxylic acids is 1. The van der Waals surface area contributed by atoms with Crippen molar-refractivity contribution in [1.82, 2.24) is 19.9 Å². The molecular weight excluding hydrogens is 304 g/mol. The van der Waals surface area contributed by atoms with Crippen molar-refractivity contribution in [2.75, 3.05) is 42.9 Å². The van der Waals surface area contributed by atoms with Crippen LogP contribution in [0.25, 0.3) is 0 Å². The van der Waals surface area contributed by atoms with Crippen molar-refractivity contribution in [3.05, 3.63) is 42.9 Å². The molecule has 0 bridgehead atoms. The molecule has 1 fully saturated rings. The fourth-order valence-corrected chi connectivity index (χ4v) is 2.71. The van der Waals surface area contributed by atoms with E-state index < -0.39 is 0 Å². The average molecular weight is 326 g/mol. The number of aromatic nitrogens is 3. The van der Waals surface area contributed by atoms with Crippen molar-refractivity contribution in [2.45, 2.75) is 12.8 Å². The van der Waals surface area contributed by atoms with Gasteiger partial charge >= 0.3 is 0 Å². The van der Waals surface area contributed by atoms with Crippen LogP contribution in [0.15, 0.2) is 42.9 Å². The van der Waals surface area contributed by atoms with Gasteiger partial charge in [0.1, 0.15) is 5.82 Å². The lowest BCUT2D eigenvalue weighted by atomic mass is 10.2.